The van der Waals surface area contributed by atoms with Gasteiger partial charge in [0.05, 0.1) is 12.1 Å². The number of hydrogen-bond donors (Lipinski definition) is 3. The molecule has 182 valence electrons. The molecule has 0 amide bonds. The molecule has 5 nitrogen and oxygen atoms in total. The van der Waals surface area contributed by atoms with Gasteiger partial charge in [0.15, 0.2) is 0 Å². The highest BCUT2D eigenvalue weighted by Gasteiger charge is 2.79. The Morgan fingerprint density at radius 3 is 2.50 bits per heavy atom. The maximum absolute atomic E-state index is 12.0. The van der Waals surface area contributed by atoms with Crippen molar-refractivity contribution in [2.24, 2.45) is 23.7 Å². The van der Waals surface area contributed by atoms with Crippen LogP contribution in [0.2, 0.25) is 0 Å². The first-order valence-corrected chi connectivity index (χ1v) is 13.8. The Kier molecular flexibility index (Phi) is 5.11. The molecule has 4 aliphatic heterocycles. The van der Waals surface area contributed by atoms with E-state index in [1.54, 1.807) is 0 Å². The van der Waals surface area contributed by atoms with Gasteiger partial charge in [-0.05, 0) is 50.0 Å². The molecule has 34 heavy (non-hydrogen) atoms. The molecule has 2 saturated carbocycles. The van der Waals surface area contributed by atoms with Gasteiger partial charge in [-0.25, -0.2) is 0 Å². The number of rotatable bonds is 5. The number of benzene rings is 1. The molecular weight excluding hydrogens is 424 g/mol. The molecule has 0 radical (unpaired) electrons. The van der Waals surface area contributed by atoms with Crippen molar-refractivity contribution in [2.75, 3.05) is 0 Å². The summed E-state index contributed by atoms with van der Waals surface area (Å²) in [6.07, 6.45) is 16.0. The Labute approximate surface area is 202 Å². The lowest BCUT2D eigenvalue weighted by atomic mass is 9.65. The minimum absolute atomic E-state index is 0.140. The van der Waals surface area contributed by atoms with Gasteiger partial charge in [-0.2, -0.15) is 0 Å². The summed E-state index contributed by atoms with van der Waals surface area (Å²) in [6.45, 7) is 0. The maximum Gasteiger partial charge on any atom is 0.150 e. The second-order valence-corrected chi connectivity index (χ2v) is 12.1. The molecule has 8 rings (SSSR count). The van der Waals surface area contributed by atoms with Crippen LogP contribution in [0.4, 0.5) is 0 Å². The molecule has 3 aliphatic carbocycles. The fraction of sp³-hybridized carbons (Fsp3) is 0.690. The molecule has 1 unspecified atom stereocenters. The molecule has 0 aromatic heterocycles. The van der Waals surface area contributed by atoms with Gasteiger partial charge in [0.2, 0.25) is 0 Å². The number of aliphatic hydroxyl groups excluding tert-OH is 1. The zero-order valence-corrected chi connectivity index (χ0v) is 19.9. The SMILES string of the molecule is O=Cc1ccc([C@@H](C2CCCCC2)[C@H]2[C@H]3C=C[C@H]4N2[C@]4(O)[C@@H]3[C@H]2CC[C@@H]3[C@@H](O)CC[C@H]3N2)cc1. The van der Waals surface area contributed by atoms with Gasteiger partial charge in [-0.15, -0.1) is 0 Å². The molecule has 7 aliphatic rings. The average Bonchev–Trinajstić information content (AvgIpc) is 3.22. The number of aldehydes is 1. The Balaban J connectivity index is 1.22. The summed E-state index contributed by atoms with van der Waals surface area (Å²) < 4.78 is 0. The van der Waals surface area contributed by atoms with E-state index in [-0.39, 0.29) is 18.1 Å². The Bertz CT molecular complexity index is 972. The largest absolute Gasteiger partial charge is 0.393 e. The summed E-state index contributed by atoms with van der Waals surface area (Å²) in [5.41, 5.74) is 1.36. The van der Waals surface area contributed by atoms with Crippen LogP contribution in [0.25, 0.3) is 0 Å². The Hall–Kier alpha value is -1.53. The van der Waals surface area contributed by atoms with Crippen LogP contribution in [0.5, 0.6) is 0 Å². The summed E-state index contributed by atoms with van der Waals surface area (Å²) in [5, 5.41) is 26.4. The van der Waals surface area contributed by atoms with E-state index in [1.165, 1.54) is 37.7 Å². The molecule has 1 aromatic rings. The molecule has 5 heteroatoms. The maximum atomic E-state index is 12.0. The monoisotopic (exact) mass is 462 g/mol. The number of piperidine rings is 2. The van der Waals surface area contributed by atoms with E-state index in [0.29, 0.717) is 41.8 Å². The predicted octanol–water partition coefficient (Wildman–Crippen LogP) is 3.61. The van der Waals surface area contributed by atoms with Crippen LogP contribution in [0.3, 0.4) is 0 Å². The Morgan fingerprint density at radius 1 is 0.971 bits per heavy atom. The van der Waals surface area contributed by atoms with Gasteiger partial charge in [0, 0.05) is 47.4 Å². The van der Waals surface area contributed by atoms with Gasteiger partial charge in [0.1, 0.15) is 12.0 Å². The standard InChI is InChI=1S/C29H38N2O3/c32-16-17-6-8-19(9-7-17)26(18-4-2-1-3-5-18)28-21-11-15-25-29(34,31(25)28)27(21)23-12-10-20-22(30-23)13-14-24(20)33/h6-9,11,15-16,18,20-28,30,33-34H,1-5,10,12-14H2/t20-,21-,22+,23+,24-,25+,26+,27-,28+,29+,31?/m0/s1. The van der Waals surface area contributed by atoms with Crippen molar-refractivity contribution in [1.29, 1.82) is 0 Å². The number of nitrogens with one attached hydrogen (secondary N) is 1. The minimum Gasteiger partial charge on any atom is -0.393 e. The number of fused-ring (bicyclic) bond motifs is 1. The molecule has 3 saturated heterocycles. The fourth-order valence-electron chi connectivity index (χ4n) is 9.19. The molecule has 11 atom stereocenters. The number of carbonyl (C=O) groups is 1. The molecular formula is C29H38N2O3. The van der Waals surface area contributed by atoms with Crippen LogP contribution in [-0.4, -0.2) is 57.4 Å². The number of aliphatic hydroxyl groups is 2. The van der Waals surface area contributed by atoms with Crippen molar-refractivity contribution in [3.05, 3.63) is 47.5 Å². The van der Waals surface area contributed by atoms with Crippen LogP contribution >= 0.6 is 0 Å². The van der Waals surface area contributed by atoms with Gasteiger partial charge < -0.3 is 15.5 Å². The first kappa shape index (κ1) is 21.7. The number of nitrogens with zero attached hydrogens (tertiary/aromatic N) is 1. The highest BCUT2D eigenvalue weighted by molar-refractivity contribution is 5.74. The third kappa shape index (κ3) is 3.03. The van der Waals surface area contributed by atoms with E-state index in [2.05, 4.69) is 34.5 Å². The van der Waals surface area contributed by atoms with Crippen LogP contribution in [0, 0.1) is 23.7 Å². The molecule has 4 bridgehead atoms. The van der Waals surface area contributed by atoms with Gasteiger partial charge in [-0.1, -0.05) is 55.7 Å². The van der Waals surface area contributed by atoms with Crippen molar-refractivity contribution < 1.29 is 15.0 Å². The smallest absolute Gasteiger partial charge is 0.150 e. The summed E-state index contributed by atoms with van der Waals surface area (Å²) in [4.78, 5) is 13.7. The summed E-state index contributed by atoms with van der Waals surface area (Å²) >= 11 is 0. The van der Waals surface area contributed by atoms with Crippen LogP contribution in [0.15, 0.2) is 36.4 Å². The topological polar surface area (TPSA) is 72.6 Å². The van der Waals surface area contributed by atoms with E-state index in [9.17, 15) is 15.0 Å². The van der Waals surface area contributed by atoms with E-state index < -0.39 is 5.72 Å². The highest BCUT2D eigenvalue weighted by atomic mass is 16.3. The van der Waals surface area contributed by atoms with Crippen molar-refractivity contribution in [2.45, 2.75) is 99.7 Å². The second-order valence-electron chi connectivity index (χ2n) is 12.1. The fourth-order valence-corrected chi connectivity index (χ4v) is 9.19. The molecule has 1 aromatic carbocycles. The lowest BCUT2D eigenvalue weighted by Gasteiger charge is -2.45. The second kappa shape index (κ2) is 7.99. The van der Waals surface area contributed by atoms with Crippen molar-refractivity contribution in [1.82, 2.24) is 10.2 Å². The van der Waals surface area contributed by atoms with E-state index in [0.717, 1.165) is 37.5 Å². The van der Waals surface area contributed by atoms with Gasteiger partial charge >= 0.3 is 0 Å². The minimum atomic E-state index is -0.721. The lowest BCUT2D eigenvalue weighted by Crippen LogP contribution is -2.56. The highest BCUT2D eigenvalue weighted by Crippen LogP contribution is 2.66. The van der Waals surface area contributed by atoms with Crippen LogP contribution in [0.1, 0.15) is 79.6 Å². The van der Waals surface area contributed by atoms with Crippen molar-refractivity contribution >= 4 is 6.29 Å². The van der Waals surface area contributed by atoms with Gasteiger partial charge in [-0.3, -0.25) is 9.69 Å². The molecule has 4 heterocycles. The summed E-state index contributed by atoms with van der Waals surface area (Å²) in [7, 11) is 0. The molecule has 3 N–H and O–H groups in total. The lowest BCUT2D eigenvalue weighted by molar-refractivity contribution is 0.0130. The van der Waals surface area contributed by atoms with E-state index >= 15 is 0 Å². The van der Waals surface area contributed by atoms with Crippen LogP contribution < -0.4 is 5.32 Å². The molecule has 5 fully saturated rings. The Morgan fingerprint density at radius 2 is 1.74 bits per heavy atom. The third-order valence-electron chi connectivity index (χ3n) is 10.7. The summed E-state index contributed by atoms with van der Waals surface area (Å²) in [6, 6.07) is 9.48. The predicted molar refractivity (Wildman–Crippen MR) is 130 cm³/mol. The van der Waals surface area contributed by atoms with Crippen molar-refractivity contribution in [3.63, 3.8) is 0 Å². The van der Waals surface area contributed by atoms with E-state index in [1.807, 2.05) is 12.1 Å². The normalized spacial score (nSPS) is 47.9. The first-order valence-electron chi connectivity index (χ1n) is 13.8. The van der Waals surface area contributed by atoms with E-state index in [4.69, 9.17) is 0 Å². The van der Waals surface area contributed by atoms with Crippen molar-refractivity contribution in [3.8, 4) is 0 Å². The summed E-state index contributed by atoms with van der Waals surface area (Å²) in [5.74, 6) is 1.96. The number of carbonyl (C=O) groups excluding carboxylic acids is 1. The number of hydrogen-bond acceptors (Lipinski definition) is 5. The zero-order valence-electron chi connectivity index (χ0n) is 19.9. The quantitative estimate of drug-likeness (QED) is 0.354. The van der Waals surface area contributed by atoms with Gasteiger partial charge in [0.25, 0.3) is 0 Å². The average molecular weight is 463 g/mol. The van der Waals surface area contributed by atoms with Crippen LogP contribution in [-0.2, 0) is 0 Å². The zero-order chi connectivity index (χ0) is 23.0. The first-order chi connectivity index (χ1) is 16.6. The third-order valence-corrected chi connectivity index (χ3v) is 10.7. The molecule has 0 spiro atoms.